The lowest BCUT2D eigenvalue weighted by molar-refractivity contribution is -0.116. The second kappa shape index (κ2) is 11.8. The number of hydrogen-bond acceptors (Lipinski definition) is 6. The molecule has 0 aliphatic heterocycles. The van der Waals surface area contributed by atoms with E-state index in [1.807, 2.05) is 75.0 Å². The molecule has 0 spiro atoms. The van der Waals surface area contributed by atoms with Crippen molar-refractivity contribution < 1.29 is 4.79 Å². The van der Waals surface area contributed by atoms with Crippen LogP contribution in [-0.2, 0) is 4.79 Å². The molecule has 1 atom stereocenters. The fourth-order valence-electron chi connectivity index (χ4n) is 4.06. The Morgan fingerprint density at radius 2 is 1.79 bits per heavy atom. The van der Waals surface area contributed by atoms with Crippen molar-refractivity contribution in [2.24, 2.45) is 0 Å². The standard InChI is InChI=1S/C26H32N6OS/c1-6-23(30(4)5)25-28-29-26(32(25)21-11-8-7-9-12-21)34-18-24(33)31(14-10-13-27)22-16-19(2)15-20(3)17-22/h7-9,11-12,15-17,23H,6,10,14,18H2,1-5H3/t23-/m0/s1. The van der Waals surface area contributed by atoms with E-state index >= 15 is 0 Å². The molecule has 7 nitrogen and oxygen atoms in total. The van der Waals surface area contributed by atoms with E-state index < -0.39 is 0 Å². The normalized spacial score (nSPS) is 11.9. The van der Waals surface area contributed by atoms with Crippen LogP contribution in [0.1, 0.15) is 42.8 Å². The minimum Gasteiger partial charge on any atom is -0.311 e. The zero-order valence-electron chi connectivity index (χ0n) is 20.5. The van der Waals surface area contributed by atoms with Crippen molar-refractivity contribution in [2.75, 3.05) is 31.3 Å². The number of rotatable bonds is 10. The molecule has 0 fully saturated rings. The number of hydrogen-bond donors (Lipinski definition) is 0. The highest BCUT2D eigenvalue weighted by Gasteiger charge is 2.24. The maximum Gasteiger partial charge on any atom is 0.237 e. The highest BCUT2D eigenvalue weighted by Crippen LogP contribution is 2.29. The number of anilines is 1. The average molecular weight is 477 g/mol. The van der Waals surface area contributed by atoms with Crippen molar-refractivity contribution in [2.45, 2.75) is 44.8 Å². The number of amides is 1. The number of aryl methyl sites for hydroxylation is 2. The first kappa shape index (κ1) is 25.5. The number of carbonyl (C=O) groups excluding carboxylic acids is 1. The van der Waals surface area contributed by atoms with E-state index in [1.54, 1.807) is 4.90 Å². The minimum atomic E-state index is -0.0611. The maximum absolute atomic E-state index is 13.3. The van der Waals surface area contributed by atoms with Gasteiger partial charge in [-0.05, 0) is 69.8 Å². The van der Waals surface area contributed by atoms with Crippen LogP contribution in [0.25, 0.3) is 5.69 Å². The number of para-hydroxylation sites is 1. The first-order valence-corrected chi connectivity index (χ1v) is 12.4. The quantitative estimate of drug-likeness (QED) is 0.386. The van der Waals surface area contributed by atoms with Crippen molar-refractivity contribution in [3.8, 4) is 11.8 Å². The van der Waals surface area contributed by atoms with Crippen molar-refractivity contribution in [1.29, 1.82) is 5.26 Å². The molecule has 0 saturated heterocycles. The van der Waals surface area contributed by atoms with Gasteiger partial charge in [-0.25, -0.2) is 0 Å². The Bertz CT molecular complexity index is 1130. The van der Waals surface area contributed by atoms with Crippen LogP contribution in [0, 0.1) is 25.2 Å². The number of nitrogens with zero attached hydrogens (tertiary/aromatic N) is 6. The Hall–Kier alpha value is -3.15. The van der Waals surface area contributed by atoms with Crippen LogP contribution in [-0.4, -0.2) is 52.0 Å². The first-order valence-electron chi connectivity index (χ1n) is 11.4. The van der Waals surface area contributed by atoms with Crippen LogP contribution in [0.4, 0.5) is 5.69 Å². The van der Waals surface area contributed by atoms with Gasteiger partial charge in [-0.2, -0.15) is 5.26 Å². The van der Waals surface area contributed by atoms with Gasteiger partial charge in [-0.3, -0.25) is 14.3 Å². The summed E-state index contributed by atoms with van der Waals surface area (Å²) in [5.74, 6) is 0.987. The van der Waals surface area contributed by atoms with Gasteiger partial charge in [0.15, 0.2) is 11.0 Å². The zero-order chi connectivity index (χ0) is 24.7. The molecule has 178 valence electrons. The second-order valence-electron chi connectivity index (χ2n) is 8.49. The minimum absolute atomic E-state index is 0.0611. The van der Waals surface area contributed by atoms with E-state index in [9.17, 15) is 4.79 Å². The van der Waals surface area contributed by atoms with E-state index in [1.165, 1.54) is 11.8 Å². The summed E-state index contributed by atoms with van der Waals surface area (Å²) in [6.07, 6.45) is 1.16. The summed E-state index contributed by atoms with van der Waals surface area (Å²) < 4.78 is 2.04. The lowest BCUT2D eigenvalue weighted by Gasteiger charge is -2.24. The summed E-state index contributed by atoms with van der Waals surface area (Å²) in [4.78, 5) is 17.2. The molecule has 8 heteroatoms. The smallest absolute Gasteiger partial charge is 0.237 e. The van der Waals surface area contributed by atoms with Gasteiger partial charge in [0.2, 0.25) is 5.91 Å². The van der Waals surface area contributed by atoms with Crippen LogP contribution in [0.15, 0.2) is 53.7 Å². The Morgan fingerprint density at radius 1 is 1.12 bits per heavy atom. The van der Waals surface area contributed by atoms with Crippen molar-refractivity contribution >= 4 is 23.4 Å². The van der Waals surface area contributed by atoms with Gasteiger partial charge in [0.05, 0.1) is 24.3 Å². The molecule has 34 heavy (non-hydrogen) atoms. The molecular weight excluding hydrogens is 444 g/mol. The molecule has 3 rings (SSSR count). The number of carbonyl (C=O) groups is 1. The molecule has 0 radical (unpaired) electrons. The predicted octanol–water partition coefficient (Wildman–Crippen LogP) is 4.94. The van der Waals surface area contributed by atoms with Crippen molar-refractivity contribution in [3.63, 3.8) is 0 Å². The highest BCUT2D eigenvalue weighted by atomic mass is 32.2. The molecule has 1 aromatic heterocycles. The van der Waals surface area contributed by atoms with E-state index in [2.05, 4.69) is 34.2 Å². The second-order valence-corrected chi connectivity index (χ2v) is 9.43. The SMILES string of the molecule is CC[C@@H](c1nnc(SCC(=O)N(CCC#N)c2cc(C)cc(C)c2)n1-c1ccccc1)N(C)C. The van der Waals surface area contributed by atoms with Gasteiger partial charge >= 0.3 is 0 Å². The molecular formula is C26H32N6OS. The van der Waals surface area contributed by atoms with Gasteiger partial charge < -0.3 is 4.90 Å². The summed E-state index contributed by atoms with van der Waals surface area (Å²) in [5.41, 5.74) is 3.95. The third-order valence-electron chi connectivity index (χ3n) is 5.57. The van der Waals surface area contributed by atoms with E-state index in [0.717, 1.165) is 34.7 Å². The molecule has 1 heterocycles. The van der Waals surface area contributed by atoms with Crippen LogP contribution in [0.5, 0.6) is 0 Å². The van der Waals surface area contributed by atoms with Gasteiger partial charge in [-0.15, -0.1) is 10.2 Å². The van der Waals surface area contributed by atoms with Gasteiger partial charge in [0.25, 0.3) is 0 Å². The molecule has 0 bridgehead atoms. The van der Waals surface area contributed by atoms with Gasteiger partial charge in [0, 0.05) is 17.9 Å². The van der Waals surface area contributed by atoms with Gasteiger partial charge in [0.1, 0.15) is 0 Å². The summed E-state index contributed by atoms with van der Waals surface area (Å²) >= 11 is 1.37. The molecule has 0 N–H and O–H groups in total. The number of benzene rings is 2. The van der Waals surface area contributed by atoms with Crippen LogP contribution in [0.2, 0.25) is 0 Å². The fraction of sp³-hybridized carbons (Fsp3) is 0.385. The highest BCUT2D eigenvalue weighted by molar-refractivity contribution is 7.99. The molecule has 0 saturated carbocycles. The zero-order valence-corrected chi connectivity index (χ0v) is 21.3. The third-order valence-corrected chi connectivity index (χ3v) is 6.49. The summed E-state index contributed by atoms with van der Waals surface area (Å²) in [5, 5.41) is 18.8. The largest absolute Gasteiger partial charge is 0.311 e. The number of nitriles is 1. The van der Waals surface area contributed by atoms with Crippen LogP contribution in [0.3, 0.4) is 0 Å². The first-order chi connectivity index (χ1) is 16.3. The van der Waals surface area contributed by atoms with Crippen molar-refractivity contribution in [1.82, 2.24) is 19.7 Å². The molecule has 2 aromatic carbocycles. The molecule has 0 aliphatic rings. The topological polar surface area (TPSA) is 78.0 Å². The van der Waals surface area contributed by atoms with E-state index in [0.29, 0.717) is 11.7 Å². The molecule has 1 amide bonds. The summed E-state index contributed by atoms with van der Waals surface area (Å²) in [7, 11) is 4.07. The Kier molecular flexibility index (Phi) is 8.85. The lowest BCUT2D eigenvalue weighted by Crippen LogP contribution is -2.33. The Balaban J connectivity index is 1.90. The summed E-state index contributed by atoms with van der Waals surface area (Å²) in [6, 6.07) is 18.3. The Morgan fingerprint density at radius 3 is 2.38 bits per heavy atom. The third kappa shape index (κ3) is 6.04. The van der Waals surface area contributed by atoms with Crippen LogP contribution < -0.4 is 4.90 Å². The number of thioether (sulfide) groups is 1. The lowest BCUT2D eigenvalue weighted by atomic mass is 10.1. The monoisotopic (exact) mass is 476 g/mol. The average Bonchev–Trinajstić information content (AvgIpc) is 3.21. The fourth-order valence-corrected chi connectivity index (χ4v) is 4.89. The maximum atomic E-state index is 13.3. The molecule has 3 aromatic rings. The van der Waals surface area contributed by atoms with Crippen molar-refractivity contribution in [3.05, 3.63) is 65.5 Å². The summed E-state index contributed by atoms with van der Waals surface area (Å²) in [6.45, 7) is 6.50. The molecule has 0 unspecified atom stereocenters. The van der Waals surface area contributed by atoms with Gasteiger partial charge in [-0.1, -0.05) is 43.0 Å². The van der Waals surface area contributed by atoms with E-state index in [-0.39, 0.29) is 24.1 Å². The predicted molar refractivity (Wildman–Crippen MR) is 137 cm³/mol. The Labute approximate surface area is 206 Å². The van der Waals surface area contributed by atoms with Crippen LogP contribution >= 0.6 is 11.8 Å². The molecule has 0 aliphatic carbocycles. The van der Waals surface area contributed by atoms with E-state index in [4.69, 9.17) is 5.26 Å². The number of aromatic nitrogens is 3.